The van der Waals surface area contributed by atoms with E-state index >= 15 is 0 Å². The van der Waals surface area contributed by atoms with Gasteiger partial charge in [-0.1, -0.05) is 35.0 Å². The van der Waals surface area contributed by atoms with Crippen LogP contribution in [0, 0.1) is 24.4 Å². The van der Waals surface area contributed by atoms with Crippen LogP contribution in [0.3, 0.4) is 0 Å². The van der Waals surface area contributed by atoms with Crippen molar-refractivity contribution in [2.24, 2.45) is 0 Å². The molecule has 4 nitrogen and oxygen atoms in total. The minimum atomic E-state index is -1.53. The second-order valence-corrected chi connectivity index (χ2v) is 4.95. The molecule has 0 aliphatic heterocycles. The van der Waals surface area contributed by atoms with E-state index in [0.717, 1.165) is 23.3 Å². The standard InChI is InChI=1S/C16H12F3N3O/c1-9-2-4-10(5-3-9)16-21-13(23-22-16)8-20-12-7-6-11(17)14(18)15(12)19/h2-7,20H,8H2,1H3. The van der Waals surface area contributed by atoms with Gasteiger partial charge in [-0.2, -0.15) is 4.98 Å². The normalized spacial score (nSPS) is 10.8. The van der Waals surface area contributed by atoms with E-state index in [4.69, 9.17) is 4.52 Å². The largest absolute Gasteiger partial charge is 0.374 e. The molecule has 0 amide bonds. The van der Waals surface area contributed by atoms with Gasteiger partial charge >= 0.3 is 0 Å². The molecule has 0 radical (unpaired) electrons. The summed E-state index contributed by atoms with van der Waals surface area (Å²) in [6.45, 7) is 1.95. The van der Waals surface area contributed by atoms with Gasteiger partial charge in [-0.15, -0.1) is 0 Å². The van der Waals surface area contributed by atoms with Gasteiger partial charge < -0.3 is 9.84 Å². The number of rotatable bonds is 4. The Morgan fingerprint density at radius 1 is 1.00 bits per heavy atom. The van der Waals surface area contributed by atoms with Gasteiger partial charge in [0.05, 0.1) is 12.2 Å². The van der Waals surface area contributed by atoms with Crippen molar-refractivity contribution in [1.29, 1.82) is 0 Å². The third-order valence-corrected chi connectivity index (χ3v) is 3.24. The SMILES string of the molecule is Cc1ccc(-c2noc(CNc3ccc(F)c(F)c3F)n2)cc1. The lowest BCUT2D eigenvalue weighted by molar-refractivity contribution is 0.383. The molecule has 0 spiro atoms. The first-order chi connectivity index (χ1) is 11.0. The quantitative estimate of drug-likeness (QED) is 0.736. The Morgan fingerprint density at radius 2 is 1.74 bits per heavy atom. The molecule has 3 rings (SSSR count). The van der Waals surface area contributed by atoms with Crippen molar-refractivity contribution in [3.63, 3.8) is 0 Å². The van der Waals surface area contributed by atoms with Crippen LogP contribution >= 0.6 is 0 Å². The molecule has 1 aromatic heterocycles. The highest BCUT2D eigenvalue weighted by Gasteiger charge is 2.14. The molecule has 0 aliphatic carbocycles. The van der Waals surface area contributed by atoms with Gasteiger partial charge in [0.25, 0.3) is 0 Å². The van der Waals surface area contributed by atoms with Crippen LogP contribution in [0.4, 0.5) is 18.9 Å². The molecule has 3 aromatic rings. The molecule has 118 valence electrons. The molecular formula is C16H12F3N3O. The molecule has 0 unspecified atom stereocenters. The van der Waals surface area contributed by atoms with Crippen LogP contribution in [-0.4, -0.2) is 10.1 Å². The van der Waals surface area contributed by atoms with Gasteiger partial charge in [-0.25, -0.2) is 13.2 Å². The molecule has 0 saturated heterocycles. The summed E-state index contributed by atoms with van der Waals surface area (Å²) in [4.78, 5) is 4.16. The average Bonchev–Trinajstić information content (AvgIpc) is 3.02. The van der Waals surface area contributed by atoms with Crippen molar-refractivity contribution >= 4 is 5.69 Å². The van der Waals surface area contributed by atoms with Crippen molar-refractivity contribution in [3.8, 4) is 11.4 Å². The number of aryl methyl sites for hydroxylation is 1. The Morgan fingerprint density at radius 3 is 2.48 bits per heavy atom. The average molecular weight is 319 g/mol. The van der Waals surface area contributed by atoms with E-state index in [1.54, 1.807) is 0 Å². The Kier molecular flexibility index (Phi) is 4.01. The Hall–Kier alpha value is -2.83. The first-order valence-electron chi connectivity index (χ1n) is 6.81. The van der Waals surface area contributed by atoms with E-state index < -0.39 is 17.5 Å². The highest BCUT2D eigenvalue weighted by molar-refractivity contribution is 5.54. The van der Waals surface area contributed by atoms with Gasteiger partial charge in [-0.05, 0) is 19.1 Å². The van der Waals surface area contributed by atoms with Crippen molar-refractivity contribution < 1.29 is 17.7 Å². The summed E-state index contributed by atoms with van der Waals surface area (Å²) in [5.41, 5.74) is 1.71. The maximum absolute atomic E-state index is 13.5. The molecule has 0 atom stereocenters. The molecule has 1 N–H and O–H groups in total. The number of aromatic nitrogens is 2. The lowest BCUT2D eigenvalue weighted by Crippen LogP contribution is -2.04. The second kappa shape index (κ2) is 6.12. The predicted octanol–water partition coefficient (Wildman–Crippen LogP) is 4.07. The van der Waals surface area contributed by atoms with Gasteiger partial charge in [0, 0.05) is 5.56 Å². The van der Waals surface area contributed by atoms with Crippen LogP contribution in [0.5, 0.6) is 0 Å². The van der Waals surface area contributed by atoms with Crippen molar-refractivity contribution in [1.82, 2.24) is 10.1 Å². The summed E-state index contributed by atoms with van der Waals surface area (Å²) in [7, 11) is 0. The fourth-order valence-corrected chi connectivity index (χ4v) is 1.98. The number of nitrogens with one attached hydrogen (secondary N) is 1. The summed E-state index contributed by atoms with van der Waals surface area (Å²) in [6.07, 6.45) is 0. The Balaban J connectivity index is 1.73. The maximum Gasteiger partial charge on any atom is 0.246 e. The first kappa shape index (κ1) is 15.1. The summed E-state index contributed by atoms with van der Waals surface area (Å²) in [5.74, 6) is -3.46. The van der Waals surface area contributed by atoms with E-state index in [2.05, 4.69) is 15.5 Å². The summed E-state index contributed by atoms with van der Waals surface area (Å²) < 4.78 is 44.6. The lowest BCUT2D eigenvalue weighted by atomic mass is 10.1. The molecule has 1 heterocycles. The predicted molar refractivity (Wildman–Crippen MR) is 78.1 cm³/mol. The van der Waals surface area contributed by atoms with Crippen molar-refractivity contribution in [2.45, 2.75) is 13.5 Å². The van der Waals surface area contributed by atoms with E-state index in [-0.39, 0.29) is 18.1 Å². The third-order valence-electron chi connectivity index (χ3n) is 3.24. The monoisotopic (exact) mass is 319 g/mol. The lowest BCUT2D eigenvalue weighted by Gasteiger charge is -2.05. The molecule has 0 fully saturated rings. The Bertz CT molecular complexity index is 831. The molecule has 0 aliphatic rings. The number of benzene rings is 2. The molecule has 0 saturated carbocycles. The summed E-state index contributed by atoms with van der Waals surface area (Å²) in [5, 5.41) is 6.42. The van der Waals surface area contributed by atoms with Crippen molar-refractivity contribution in [2.75, 3.05) is 5.32 Å². The molecule has 2 aromatic carbocycles. The molecular weight excluding hydrogens is 307 g/mol. The summed E-state index contributed by atoms with van der Waals surface area (Å²) >= 11 is 0. The van der Waals surface area contributed by atoms with Crippen molar-refractivity contribution in [3.05, 3.63) is 65.3 Å². The van der Waals surface area contributed by atoms with Crippen LogP contribution in [0.2, 0.25) is 0 Å². The topological polar surface area (TPSA) is 51.0 Å². The third kappa shape index (κ3) is 3.18. The van der Waals surface area contributed by atoms with Gasteiger partial charge in [-0.3, -0.25) is 0 Å². The highest BCUT2D eigenvalue weighted by Crippen LogP contribution is 2.21. The number of anilines is 1. The van der Waals surface area contributed by atoms with E-state index in [1.165, 1.54) is 0 Å². The van der Waals surface area contributed by atoms with Gasteiger partial charge in [0.15, 0.2) is 17.5 Å². The van der Waals surface area contributed by atoms with Crippen LogP contribution in [0.1, 0.15) is 11.5 Å². The van der Waals surface area contributed by atoms with E-state index in [0.29, 0.717) is 5.82 Å². The van der Waals surface area contributed by atoms with Crippen LogP contribution in [0.15, 0.2) is 40.9 Å². The fraction of sp³-hybridized carbons (Fsp3) is 0.125. The molecule has 7 heteroatoms. The van der Waals surface area contributed by atoms with Gasteiger partial charge in [0.2, 0.25) is 11.7 Å². The Labute approximate surface area is 130 Å². The van der Waals surface area contributed by atoms with Crippen LogP contribution in [0.25, 0.3) is 11.4 Å². The zero-order valence-corrected chi connectivity index (χ0v) is 12.1. The second-order valence-electron chi connectivity index (χ2n) is 4.95. The maximum atomic E-state index is 13.5. The number of nitrogens with zero attached hydrogens (tertiary/aromatic N) is 2. The minimum Gasteiger partial charge on any atom is -0.374 e. The van der Waals surface area contributed by atoms with Crippen LogP contribution < -0.4 is 5.32 Å². The van der Waals surface area contributed by atoms with E-state index in [9.17, 15) is 13.2 Å². The number of halogens is 3. The zero-order chi connectivity index (χ0) is 16.4. The molecule has 0 bridgehead atoms. The number of hydrogen-bond acceptors (Lipinski definition) is 4. The first-order valence-corrected chi connectivity index (χ1v) is 6.81. The van der Waals surface area contributed by atoms with Gasteiger partial charge in [0.1, 0.15) is 0 Å². The molecule has 23 heavy (non-hydrogen) atoms. The fourth-order valence-electron chi connectivity index (χ4n) is 1.98. The minimum absolute atomic E-state index is 0.0130. The smallest absolute Gasteiger partial charge is 0.246 e. The van der Waals surface area contributed by atoms with E-state index in [1.807, 2.05) is 31.2 Å². The number of hydrogen-bond donors (Lipinski definition) is 1. The van der Waals surface area contributed by atoms with Crippen LogP contribution in [-0.2, 0) is 6.54 Å². The summed E-state index contributed by atoms with van der Waals surface area (Å²) in [6, 6.07) is 9.48. The highest BCUT2D eigenvalue weighted by atomic mass is 19.2. The zero-order valence-electron chi connectivity index (χ0n) is 12.1.